The first kappa shape index (κ1) is 33.2. The number of amides is 1. The molecular formula is C29H21Cl4N7O5. The Bertz CT molecular complexity index is 2160. The van der Waals surface area contributed by atoms with Gasteiger partial charge in [-0.15, -0.1) is 10.2 Å². The molecule has 2 aromatic carbocycles. The molecule has 16 heteroatoms. The molecule has 0 atom stereocenters. The second-order valence-electron chi connectivity index (χ2n) is 9.22. The number of carbonyl (C=O) groups excluding carboxylic acids is 3. The Morgan fingerprint density at radius 2 is 1.24 bits per heavy atom. The average Bonchev–Trinajstić information content (AvgIpc) is 3.48. The molecule has 1 N–H and O–H groups in total. The van der Waals surface area contributed by atoms with Crippen LogP contribution in [-0.4, -0.2) is 40.4 Å². The number of anilines is 1. The van der Waals surface area contributed by atoms with Crippen molar-refractivity contribution in [1.82, 2.24) is 28.4 Å². The predicted molar refractivity (Wildman–Crippen MR) is 169 cm³/mol. The summed E-state index contributed by atoms with van der Waals surface area (Å²) in [5, 5.41) is 13.0. The van der Waals surface area contributed by atoms with Crippen LogP contribution in [0, 0.1) is 0 Å². The maximum atomic E-state index is 12.4. The molecule has 0 bridgehead atoms. The van der Waals surface area contributed by atoms with Crippen LogP contribution in [0.1, 0.15) is 18.1 Å². The lowest BCUT2D eigenvalue weighted by molar-refractivity contribution is -0.191. The van der Waals surface area contributed by atoms with E-state index in [0.717, 1.165) is 11.1 Å². The number of hydrogen-bond acceptors (Lipinski definition) is 7. The zero-order valence-corrected chi connectivity index (χ0v) is 26.2. The molecule has 0 spiro atoms. The highest BCUT2D eigenvalue weighted by Gasteiger charge is 2.10. The van der Waals surface area contributed by atoms with Crippen LogP contribution >= 0.6 is 46.4 Å². The topological polar surface area (TPSA) is 142 Å². The molecule has 6 aromatic rings. The maximum Gasteiger partial charge on any atom is 0.373 e. The van der Waals surface area contributed by atoms with Crippen molar-refractivity contribution in [2.45, 2.75) is 20.0 Å². The molecule has 0 aliphatic carbocycles. The van der Waals surface area contributed by atoms with Crippen LogP contribution < -0.4 is 16.7 Å². The van der Waals surface area contributed by atoms with Gasteiger partial charge in [0, 0.05) is 19.3 Å². The van der Waals surface area contributed by atoms with Gasteiger partial charge in [-0.05, 0) is 59.7 Å². The monoisotopic (exact) mass is 687 g/mol. The van der Waals surface area contributed by atoms with E-state index in [9.17, 15) is 14.4 Å². The second-order valence-corrected chi connectivity index (χ2v) is 10.8. The second kappa shape index (κ2) is 14.8. The van der Waals surface area contributed by atoms with Gasteiger partial charge in [0.1, 0.15) is 0 Å². The number of aromatic nitrogens is 6. The number of rotatable bonds is 5. The number of hydrogen-bond donors (Lipinski definition) is 1. The number of halogens is 4. The maximum absolute atomic E-state index is 12.4. The van der Waals surface area contributed by atoms with Crippen molar-refractivity contribution < 1.29 is 14.4 Å². The third-order valence-corrected chi connectivity index (χ3v) is 7.50. The van der Waals surface area contributed by atoms with E-state index in [1.807, 2.05) is 12.1 Å². The fraction of sp³-hybridized carbons (Fsp3) is 0.103. The zero-order valence-electron chi connectivity index (χ0n) is 23.2. The number of nitrogens with zero attached hydrogens (tertiary/aromatic N) is 6. The molecule has 0 unspecified atom stereocenters. The van der Waals surface area contributed by atoms with Crippen LogP contribution in [0.25, 0.3) is 11.3 Å². The van der Waals surface area contributed by atoms with Crippen molar-refractivity contribution in [3.05, 3.63) is 131 Å². The average molecular weight is 689 g/mol. The minimum atomic E-state index is -0.307. The summed E-state index contributed by atoms with van der Waals surface area (Å²) in [6.07, 6.45) is 3.48. The van der Waals surface area contributed by atoms with Gasteiger partial charge in [0.2, 0.25) is 5.91 Å². The fourth-order valence-corrected chi connectivity index (χ4v) is 4.73. The van der Waals surface area contributed by atoms with Gasteiger partial charge in [-0.3, -0.25) is 9.20 Å². The quantitative estimate of drug-likeness (QED) is 0.266. The van der Waals surface area contributed by atoms with E-state index in [-0.39, 0.29) is 30.0 Å². The van der Waals surface area contributed by atoms with Crippen LogP contribution in [0.15, 0.2) is 88.7 Å². The van der Waals surface area contributed by atoms with Gasteiger partial charge in [0.05, 0.1) is 38.9 Å². The Morgan fingerprint density at radius 3 is 1.73 bits per heavy atom. The van der Waals surface area contributed by atoms with Crippen LogP contribution in [-0.2, 0) is 27.5 Å². The van der Waals surface area contributed by atoms with Gasteiger partial charge in [-0.25, -0.2) is 23.4 Å². The minimum Gasteiger partial charge on any atom is -0.325 e. The molecule has 0 saturated carbocycles. The summed E-state index contributed by atoms with van der Waals surface area (Å²) in [5.41, 5.74) is 2.84. The first-order chi connectivity index (χ1) is 21.5. The molecular weight excluding hydrogens is 668 g/mol. The van der Waals surface area contributed by atoms with Crippen LogP contribution in [0.5, 0.6) is 0 Å². The molecule has 6 rings (SSSR count). The highest BCUT2D eigenvalue weighted by atomic mass is 35.5. The zero-order chi connectivity index (χ0) is 32.7. The highest BCUT2D eigenvalue weighted by Crippen LogP contribution is 2.23. The Balaban J connectivity index is 0.000000191. The third kappa shape index (κ3) is 8.27. The number of pyridine rings is 2. The van der Waals surface area contributed by atoms with E-state index < -0.39 is 0 Å². The van der Waals surface area contributed by atoms with Crippen molar-refractivity contribution in [1.29, 1.82) is 0 Å². The number of fused-ring (bicyclic) bond motifs is 2. The largest absolute Gasteiger partial charge is 0.373 e. The normalized spacial score (nSPS) is 10.4. The summed E-state index contributed by atoms with van der Waals surface area (Å²) in [6, 6.07) is 19.2. The standard InChI is InChI=1S/C15H12Cl2N4O2.C13H9Cl2N3O.CO2/c1-9(22)18-11-3-5-14-19-21(15(23)20(14)8-11)7-10-2-4-12(16)13(17)6-10;14-10-5-4-9(7-11(10)15)8-18-13(19)17-6-2-1-3-12(17)16-18;2-1-3/h2-6,8H,7H2,1H3,(H,18,22);1-7H,8H2;. The lowest BCUT2D eigenvalue weighted by Crippen LogP contribution is -2.22. The van der Waals surface area contributed by atoms with Crippen LogP contribution in [0.4, 0.5) is 5.69 Å². The summed E-state index contributed by atoms with van der Waals surface area (Å²) in [6.45, 7) is 2.03. The number of carbonyl (C=O) groups is 1. The Labute approximate surface area is 273 Å². The van der Waals surface area contributed by atoms with Crippen molar-refractivity contribution in [3.63, 3.8) is 0 Å². The van der Waals surface area contributed by atoms with Gasteiger partial charge in [-0.2, -0.15) is 9.59 Å². The lowest BCUT2D eigenvalue weighted by Gasteiger charge is -2.02. The summed E-state index contributed by atoms with van der Waals surface area (Å²) in [7, 11) is 0. The molecule has 0 fully saturated rings. The molecule has 0 radical (unpaired) electrons. The lowest BCUT2D eigenvalue weighted by atomic mass is 10.2. The molecule has 0 saturated heterocycles. The molecule has 0 aliphatic heterocycles. The smallest absolute Gasteiger partial charge is 0.325 e. The van der Waals surface area contributed by atoms with Crippen molar-refractivity contribution >= 4 is 75.4 Å². The Kier molecular flexibility index (Phi) is 10.9. The Morgan fingerprint density at radius 1 is 0.733 bits per heavy atom. The molecule has 45 heavy (non-hydrogen) atoms. The van der Waals surface area contributed by atoms with Crippen molar-refractivity contribution in [3.8, 4) is 0 Å². The molecule has 1 amide bonds. The van der Waals surface area contributed by atoms with Gasteiger partial charge in [-0.1, -0.05) is 64.6 Å². The first-order valence-corrected chi connectivity index (χ1v) is 14.3. The van der Waals surface area contributed by atoms with E-state index in [1.165, 1.54) is 31.3 Å². The minimum absolute atomic E-state index is 0.179. The Hall–Kier alpha value is -4.71. The molecule has 230 valence electrons. The fourth-order valence-electron chi connectivity index (χ4n) is 4.09. The summed E-state index contributed by atoms with van der Waals surface area (Å²) < 4.78 is 5.60. The predicted octanol–water partition coefficient (Wildman–Crippen LogP) is 5.08. The van der Waals surface area contributed by atoms with E-state index in [1.54, 1.807) is 60.8 Å². The summed E-state index contributed by atoms with van der Waals surface area (Å²) >= 11 is 23.7. The third-order valence-electron chi connectivity index (χ3n) is 6.02. The number of nitrogens with one attached hydrogen (secondary N) is 1. The first-order valence-electron chi connectivity index (χ1n) is 12.8. The van der Waals surface area contributed by atoms with Gasteiger partial charge in [0.15, 0.2) is 11.3 Å². The summed E-state index contributed by atoms with van der Waals surface area (Å²) in [5.74, 6) is -0.208. The van der Waals surface area contributed by atoms with Crippen LogP contribution in [0.2, 0.25) is 20.1 Å². The summed E-state index contributed by atoms with van der Waals surface area (Å²) in [4.78, 5) is 51.9. The molecule has 0 aliphatic rings. The highest BCUT2D eigenvalue weighted by molar-refractivity contribution is 6.42. The van der Waals surface area contributed by atoms with Gasteiger partial charge >= 0.3 is 17.5 Å². The number of benzene rings is 2. The van der Waals surface area contributed by atoms with Gasteiger partial charge < -0.3 is 5.32 Å². The van der Waals surface area contributed by atoms with E-state index >= 15 is 0 Å². The SMILES string of the molecule is CC(=O)Nc1ccc2nn(Cc3ccc(Cl)c(Cl)c3)c(=O)n2c1.O=C=O.O=c1n(Cc2ccc(Cl)c(Cl)c2)nc2ccccn12. The van der Waals surface area contributed by atoms with Crippen molar-refractivity contribution in [2.75, 3.05) is 5.32 Å². The van der Waals surface area contributed by atoms with Gasteiger partial charge in [0.25, 0.3) is 0 Å². The molecule has 12 nitrogen and oxygen atoms in total. The van der Waals surface area contributed by atoms with Crippen molar-refractivity contribution in [2.24, 2.45) is 0 Å². The van der Waals surface area contributed by atoms with E-state index in [0.29, 0.717) is 43.6 Å². The van der Waals surface area contributed by atoms with Crippen LogP contribution in [0.3, 0.4) is 0 Å². The molecule has 4 aromatic heterocycles. The van der Waals surface area contributed by atoms with E-state index in [4.69, 9.17) is 56.0 Å². The molecule has 4 heterocycles. The van der Waals surface area contributed by atoms with E-state index in [2.05, 4.69) is 15.5 Å².